The summed E-state index contributed by atoms with van der Waals surface area (Å²) in [6, 6.07) is 2.24. The first-order valence-electron chi connectivity index (χ1n) is 6.62. The molecule has 1 aliphatic rings. The van der Waals surface area contributed by atoms with Gasteiger partial charge in [0.05, 0.1) is 6.04 Å². The molecule has 1 fully saturated rings. The van der Waals surface area contributed by atoms with Gasteiger partial charge in [-0.25, -0.2) is 4.79 Å². The van der Waals surface area contributed by atoms with E-state index in [1.165, 1.54) is 10.4 Å². The lowest BCUT2D eigenvalue weighted by molar-refractivity contribution is 0.0122. The molecule has 106 valence electrons. The van der Waals surface area contributed by atoms with E-state index < -0.39 is 5.60 Å². The van der Waals surface area contributed by atoms with Gasteiger partial charge in [0.1, 0.15) is 5.60 Å². The summed E-state index contributed by atoms with van der Waals surface area (Å²) in [6.45, 7) is 10.1. The fourth-order valence-corrected chi connectivity index (χ4v) is 3.14. The van der Waals surface area contributed by atoms with Crippen molar-refractivity contribution in [2.45, 2.75) is 39.3 Å². The van der Waals surface area contributed by atoms with E-state index in [0.717, 1.165) is 13.1 Å². The fourth-order valence-electron chi connectivity index (χ4n) is 2.13. The van der Waals surface area contributed by atoms with E-state index in [9.17, 15) is 4.79 Å². The minimum absolute atomic E-state index is 0.0855. The fraction of sp³-hybridized carbons (Fsp3) is 0.643. The van der Waals surface area contributed by atoms with E-state index in [4.69, 9.17) is 4.74 Å². The van der Waals surface area contributed by atoms with Crippen molar-refractivity contribution in [1.82, 2.24) is 10.2 Å². The summed E-state index contributed by atoms with van der Waals surface area (Å²) in [5.74, 6) is 0. The molecule has 1 N–H and O–H groups in total. The first-order valence-corrected chi connectivity index (χ1v) is 7.50. The standard InChI is InChI=1S/C14H22N2O2S/c1-10-7-12(19-9-10)11-8-15-5-6-16(11)13(17)18-14(2,3)4/h7,9,11,15H,5-6,8H2,1-4H3. The van der Waals surface area contributed by atoms with Crippen LogP contribution in [0, 0.1) is 6.92 Å². The SMILES string of the molecule is Cc1csc(C2CNCCN2C(=O)OC(C)(C)C)c1. The van der Waals surface area contributed by atoms with E-state index in [1.807, 2.05) is 25.7 Å². The second-order valence-electron chi connectivity index (χ2n) is 5.92. The molecule has 0 saturated carbocycles. The van der Waals surface area contributed by atoms with Crippen LogP contribution in [0.3, 0.4) is 0 Å². The Bertz CT molecular complexity index is 451. The van der Waals surface area contributed by atoms with Crippen LogP contribution in [0.15, 0.2) is 11.4 Å². The van der Waals surface area contributed by atoms with Crippen molar-refractivity contribution in [3.05, 3.63) is 21.9 Å². The average molecular weight is 282 g/mol. The zero-order chi connectivity index (χ0) is 14.0. The number of ether oxygens (including phenoxy) is 1. The van der Waals surface area contributed by atoms with Crippen molar-refractivity contribution < 1.29 is 9.53 Å². The summed E-state index contributed by atoms with van der Waals surface area (Å²) in [5.41, 5.74) is 0.799. The number of carbonyl (C=O) groups is 1. The smallest absolute Gasteiger partial charge is 0.410 e. The maximum Gasteiger partial charge on any atom is 0.410 e. The topological polar surface area (TPSA) is 41.6 Å². The van der Waals surface area contributed by atoms with Gasteiger partial charge in [-0.15, -0.1) is 11.3 Å². The van der Waals surface area contributed by atoms with Gasteiger partial charge in [0, 0.05) is 24.5 Å². The molecule has 1 unspecified atom stereocenters. The molecule has 1 atom stereocenters. The van der Waals surface area contributed by atoms with Crippen LogP contribution in [0.4, 0.5) is 4.79 Å². The van der Waals surface area contributed by atoms with Gasteiger partial charge in [0.25, 0.3) is 0 Å². The van der Waals surface area contributed by atoms with Crippen LogP contribution in [-0.4, -0.2) is 36.2 Å². The minimum atomic E-state index is -0.447. The summed E-state index contributed by atoms with van der Waals surface area (Å²) in [4.78, 5) is 15.3. The molecule has 0 aromatic carbocycles. The van der Waals surface area contributed by atoms with Crippen LogP contribution in [-0.2, 0) is 4.74 Å². The van der Waals surface area contributed by atoms with E-state index in [0.29, 0.717) is 6.54 Å². The Labute approximate surface area is 118 Å². The number of aryl methyl sites for hydroxylation is 1. The molecule has 0 aliphatic carbocycles. The molecule has 4 nitrogen and oxygen atoms in total. The number of rotatable bonds is 1. The third kappa shape index (κ3) is 3.70. The lowest BCUT2D eigenvalue weighted by Gasteiger charge is -2.36. The zero-order valence-electron chi connectivity index (χ0n) is 12.0. The number of carbonyl (C=O) groups excluding carboxylic acids is 1. The number of hydrogen-bond donors (Lipinski definition) is 1. The summed E-state index contributed by atoms with van der Waals surface area (Å²) >= 11 is 1.71. The zero-order valence-corrected chi connectivity index (χ0v) is 12.8. The highest BCUT2D eigenvalue weighted by Gasteiger charge is 2.31. The Morgan fingerprint density at radius 2 is 2.26 bits per heavy atom. The maximum atomic E-state index is 12.3. The molecule has 19 heavy (non-hydrogen) atoms. The minimum Gasteiger partial charge on any atom is -0.444 e. The van der Waals surface area contributed by atoms with Crippen molar-refractivity contribution in [2.75, 3.05) is 19.6 Å². The number of nitrogens with one attached hydrogen (secondary N) is 1. The van der Waals surface area contributed by atoms with Crippen LogP contribution in [0.2, 0.25) is 0 Å². The van der Waals surface area contributed by atoms with E-state index in [-0.39, 0.29) is 12.1 Å². The van der Waals surface area contributed by atoms with Crippen molar-refractivity contribution >= 4 is 17.4 Å². The molecule has 2 rings (SSSR count). The molecule has 0 spiro atoms. The Morgan fingerprint density at radius 3 is 2.84 bits per heavy atom. The van der Waals surface area contributed by atoms with Crippen molar-refractivity contribution in [1.29, 1.82) is 0 Å². The average Bonchev–Trinajstić information content (AvgIpc) is 2.73. The van der Waals surface area contributed by atoms with Crippen LogP contribution >= 0.6 is 11.3 Å². The molecule has 0 bridgehead atoms. The maximum absolute atomic E-state index is 12.3. The van der Waals surface area contributed by atoms with Gasteiger partial charge < -0.3 is 10.1 Å². The molecule has 1 aliphatic heterocycles. The van der Waals surface area contributed by atoms with E-state index in [2.05, 4.69) is 23.7 Å². The van der Waals surface area contributed by atoms with Gasteiger partial charge in [-0.1, -0.05) is 0 Å². The van der Waals surface area contributed by atoms with Crippen molar-refractivity contribution in [2.24, 2.45) is 0 Å². The summed E-state index contributed by atoms with van der Waals surface area (Å²) in [6.07, 6.45) is -0.218. The van der Waals surface area contributed by atoms with Crippen LogP contribution in [0.1, 0.15) is 37.3 Å². The summed E-state index contributed by atoms with van der Waals surface area (Å²) in [5, 5.41) is 5.47. The molecule has 5 heteroatoms. The first-order chi connectivity index (χ1) is 8.87. The van der Waals surface area contributed by atoms with E-state index in [1.54, 1.807) is 11.3 Å². The van der Waals surface area contributed by atoms with Gasteiger partial charge in [-0.05, 0) is 44.7 Å². The molecule has 2 heterocycles. The van der Waals surface area contributed by atoms with Gasteiger partial charge in [-0.3, -0.25) is 4.90 Å². The quantitative estimate of drug-likeness (QED) is 0.861. The highest BCUT2D eigenvalue weighted by molar-refractivity contribution is 7.10. The highest BCUT2D eigenvalue weighted by Crippen LogP contribution is 2.29. The third-order valence-corrected chi connectivity index (χ3v) is 4.10. The molecular formula is C14H22N2O2S. The highest BCUT2D eigenvalue weighted by atomic mass is 32.1. The molecule has 1 aromatic rings. The van der Waals surface area contributed by atoms with Gasteiger partial charge in [-0.2, -0.15) is 0 Å². The lowest BCUT2D eigenvalue weighted by Crippen LogP contribution is -2.49. The van der Waals surface area contributed by atoms with Gasteiger partial charge in [0.2, 0.25) is 0 Å². The second-order valence-corrected chi connectivity index (χ2v) is 6.86. The first kappa shape index (κ1) is 14.3. The van der Waals surface area contributed by atoms with E-state index >= 15 is 0 Å². The predicted molar refractivity (Wildman–Crippen MR) is 77.6 cm³/mol. The Balaban J connectivity index is 2.14. The Hall–Kier alpha value is -1.07. The monoisotopic (exact) mass is 282 g/mol. The van der Waals surface area contributed by atoms with Gasteiger partial charge >= 0.3 is 6.09 Å². The Kier molecular flexibility index (Phi) is 4.16. The van der Waals surface area contributed by atoms with Crippen LogP contribution in [0.5, 0.6) is 0 Å². The number of amides is 1. The molecule has 1 amide bonds. The summed E-state index contributed by atoms with van der Waals surface area (Å²) < 4.78 is 5.50. The third-order valence-electron chi connectivity index (χ3n) is 2.95. The molecule has 0 radical (unpaired) electrons. The lowest BCUT2D eigenvalue weighted by atomic mass is 10.1. The second kappa shape index (κ2) is 5.51. The summed E-state index contributed by atoms with van der Waals surface area (Å²) in [7, 11) is 0. The Morgan fingerprint density at radius 1 is 1.53 bits per heavy atom. The van der Waals surface area contributed by atoms with Crippen LogP contribution < -0.4 is 5.32 Å². The molecule has 1 aromatic heterocycles. The van der Waals surface area contributed by atoms with Crippen LogP contribution in [0.25, 0.3) is 0 Å². The molecule has 1 saturated heterocycles. The largest absolute Gasteiger partial charge is 0.444 e. The number of hydrogen-bond acceptors (Lipinski definition) is 4. The normalized spacial score (nSPS) is 20.4. The van der Waals surface area contributed by atoms with Gasteiger partial charge in [0.15, 0.2) is 0 Å². The molecular weight excluding hydrogens is 260 g/mol. The van der Waals surface area contributed by atoms with Crippen molar-refractivity contribution in [3.63, 3.8) is 0 Å². The number of nitrogens with zero attached hydrogens (tertiary/aromatic N) is 1. The number of piperazine rings is 1. The van der Waals surface area contributed by atoms with Crippen molar-refractivity contribution in [3.8, 4) is 0 Å². The predicted octanol–water partition coefficient (Wildman–Crippen LogP) is 2.94. The number of thiophene rings is 1.